The molecule has 0 aliphatic carbocycles. The summed E-state index contributed by atoms with van der Waals surface area (Å²) in [6, 6.07) is 1.66. The van der Waals surface area contributed by atoms with Crippen molar-refractivity contribution in [3.63, 3.8) is 0 Å². The maximum atomic E-state index is 13.7. The Bertz CT molecular complexity index is 517. The van der Waals surface area contributed by atoms with Crippen LogP contribution in [0.1, 0.15) is 18.9 Å². The van der Waals surface area contributed by atoms with Crippen molar-refractivity contribution in [1.29, 1.82) is 0 Å². The second-order valence-electron chi connectivity index (χ2n) is 4.41. The SMILES string of the molecule is CC1CC=C(c2c(F)cc(O)cc2F)N(C)C1=O. The van der Waals surface area contributed by atoms with Crippen molar-refractivity contribution in [3.05, 3.63) is 35.4 Å². The number of amides is 1. The molecule has 0 bridgehead atoms. The van der Waals surface area contributed by atoms with Crippen LogP contribution < -0.4 is 0 Å². The van der Waals surface area contributed by atoms with E-state index in [1.54, 1.807) is 13.0 Å². The molecule has 1 N–H and O–H groups in total. The predicted molar refractivity (Wildman–Crippen MR) is 62.6 cm³/mol. The minimum atomic E-state index is -0.882. The minimum Gasteiger partial charge on any atom is -0.508 e. The lowest BCUT2D eigenvalue weighted by Crippen LogP contribution is -2.34. The quantitative estimate of drug-likeness (QED) is 0.835. The van der Waals surface area contributed by atoms with E-state index in [0.29, 0.717) is 6.42 Å². The molecule has 18 heavy (non-hydrogen) atoms. The van der Waals surface area contributed by atoms with E-state index >= 15 is 0 Å². The van der Waals surface area contributed by atoms with Crippen molar-refractivity contribution in [2.24, 2.45) is 5.92 Å². The number of phenolic OH excluding ortho intramolecular Hbond substituents is 1. The van der Waals surface area contributed by atoms with E-state index in [1.165, 1.54) is 11.9 Å². The van der Waals surface area contributed by atoms with Gasteiger partial charge in [-0.15, -0.1) is 0 Å². The molecular formula is C13H13F2NO2. The normalized spacial score (nSPS) is 20.0. The molecular weight excluding hydrogens is 240 g/mol. The number of phenols is 1. The number of hydrogen-bond acceptors (Lipinski definition) is 2. The summed E-state index contributed by atoms with van der Waals surface area (Å²) in [4.78, 5) is 13.0. The van der Waals surface area contributed by atoms with Gasteiger partial charge in [-0.1, -0.05) is 13.0 Å². The monoisotopic (exact) mass is 253 g/mol. The van der Waals surface area contributed by atoms with Gasteiger partial charge in [0.05, 0.1) is 11.3 Å². The van der Waals surface area contributed by atoms with Gasteiger partial charge in [-0.05, 0) is 6.42 Å². The summed E-state index contributed by atoms with van der Waals surface area (Å²) in [6.07, 6.45) is 2.07. The molecule has 1 atom stereocenters. The lowest BCUT2D eigenvalue weighted by molar-refractivity contribution is -0.131. The molecule has 0 saturated heterocycles. The molecule has 1 aliphatic rings. The molecule has 1 aromatic carbocycles. The molecule has 96 valence electrons. The Kier molecular flexibility index (Phi) is 3.07. The van der Waals surface area contributed by atoms with E-state index < -0.39 is 17.4 Å². The van der Waals surface area contributed by atoms with Gasteiger partial charge in [0, 0.05) is 25.1 Å². The number of benzene rings is 1. The fraction of sp³-hybridized carbons (Fsp3) is 0.308. The Morgan fingerprint density at radius 3 is 2.44 bits per heavy atom. The average molecular weight is 253 g/mol. The Morgan fingerprint density at radius 1 is 1.33 bits per heavy atom. The summed E-state index contributed by atoms with van der Waals surface area (Å²) < 4.78 is 27.4. The van der Waals surface area contributed by atoms with Crippen LogP contribution >= 0.6 is 0 Å². The average Bonchev–Trinajstić information content (AvgIpc) is 2.28. The molecule has 0 spiro atoms. The highest BCUT2D eigenvalue weighted by molar-refractivity contribution is 5.90. The number of halogens is 2. The van der Waals surface area contributed by atoms with E-state index in [1.807, 2.05) is 0 Å². The van der Waals surface area contributed by atoms with Crippen molar-refractivity contribution < 1.29 is 18.7 Å². The van der Waals surface area contributed by atoms with Crippen LogP contribution in [0.2, 0.25) is 0 Å². The summed E-state index contributed by atoms with van der Waals surface area (Å²) >= 11 is 0. The van der Waals surface area contributed by atoms with Gasteiger partial charge < -0.3 is 10.0 Å². The molecule has 0 fully saturated rings. The zero-order valence-electron chi connectivity index (χ0n) is 10.1. The summed E-state index contributed by atoms with van der Waals surface area (Å²) in [5, 5.41) is 9.10. The lowest BCUT2D eigenvalue weighted by atomic mass is 9.97. The molecule has 3 nitrogen and oxygen atoms in total. The van der Waals surface area contributed by atoms with Crippen molar-refractivity contribution >= 4 is 11.6 Å². The number of rotatable bonds is 1. The number of hydrogen-bond donors (Lipinski definition) is 1. The molecule has 0 saturated carbocycles. The molecule has 5 heteroatoms. The van der Waals surface area contributed by atoms with Crippen LogP contribution in [-0.4, -0.2) is 23.0 Å². The van der Waals surface area contributed by atoms with Crippen LogP contribution in [0.15, 0.2) is 18.2 Å². The number of carbonyl (C=O) groups is 1. The first-order chi connectivity index (χ1) is 8.41. The molecule has 1 unspecified atom stereocenters. The second kappa shape index (κ2) is 4.40. The van der Waals surface area contributed by atoms with Crippen LogP contribution in [-0.2, 0) is 4.79 Å². The van der Waals surface area contributed by atoms with Gasteiger partial charge in [0.15, 0.2) is 0 Å². The summed E-state index contributed by atoms with van der Waals surface area (Å²) in [6.45, 7) is 1.76. The van der Waals surface area contributed by atoms with Gasteiger partial charge in [0.2, 0.25) is 5.91 Å². The third-order valence-electron chi connectivity index (χ3n) is 3.06. The number of nitrogens with zero attached hydrogens (tertiary/aromatic N) is 1. The van der Waals surface area contributed by atoms with Crippen LogP contribution in [0.5, 0.6) is 5.75 Å². The molecule has 1 aliphatic heterocycles. The van der Waals surface area contributed by atoms with Crippen molar-refractivity contribution in [2.75, 3.05) is 7.05 Å². The van der Waals surface area contributed by atoms with Crippen LogP contribution in [0, 0.1) is 17.6 Å². The molecule has 1 heterocycles. The van der Waals surface area contributed by atoms with E-state index in [4.69, 9.17) is 5.11 Å². The standard InChI is InChI=1S/C13H13F2NO2/c1-7-3-4-11(16(2)13(7)18)12-9(14)5-8(17)6-10(12)15/h4-7,17H,3H2,1-2H3. The Hall–Kier alpha value is -1.91. The van der Waals surface area contributed by atoms with Crippen LogP contribution in [0.4, 0.5) is 8.78 Å². The zero-order valence-corrected chi connectivity index (χ0v) is 10.1. The smallest absolute Gasteiger partial charge is 0.229 e. The number of carbonyl (C=O) groups excluding carboxylic acids is 1. The Labute approximate surface area is 103 Å². The maximum Gasteiger partial charge on any atom is 0.229 e. The second-order valence-corrected chi connectivity index (χ2v) is 4.41. The van der Waals surface area contributed by atoms with Crippen LogP contribution in [0.25, 0.3) is 5.70 Å². The fourth-order valence-electron chi connectivity index (χ4n) is 2.05. The molecule has 2 rings (SSSR count). The molecule has 0 aromatic heterocycles. The van der Waals surface area contributed by atoms with Crippen molar-refractivity contribution in [2.45, 2.75) is 13.3 Å². The highest BCUT2D eigenvalue weighted by Gasteiger charge is 2.28. The zero-order chi connectivity index (χ0) is 13.4. The van der Waals surface area contributed by atoms with Crippen LogP contribution in [0.3, 0.4) is 0 Å². The van der Waals surface area contributed by atoms with Gasteiger partial charge >= 0.3 is 0 Å². The first-order valence-corrected chi connectivity index (χ1v) is 5.58. The van der Waals surface area contributed by atoms with E-state index in [2.05, 4.69) is 0 Å². The summed E-state index contributed by atoms with van der Waals surface area (Å²) in [7, 11) is 1.48. The Balaban J connectivity index is 2.53. The molecule has 0 radical (unpaired) electrons. The highest BCUT2D eigenvalue weighted by atomic mass is 19.1. The first-order valence-electron chi connectivity index (χ1n) is 5.58. The van der Waals surface area contributed by atoms with Crippen molar-refractivity contribution in [3.8, 4) is 5.75 Å². The lowest BCUT2D eigenvalue weighted by Gasteiger charge is -2.28. The number of allylic oxidation sites excluding steroid dienone is 1. The third-order valence-corrected chi connectivity index (χ3v) is 3.06. The van der Waals surface area contributed by atoms with Gasteiger partial charge in [-0.25, -0.2) is 8.78 Å². The van der Waals surface area contributed by atoms with Gasteiger partial charge in [0.25, 0.3) is 0 Å². The molecule has 1 amide bonds. The van der Waals surface area contributed by atoms with E-state index in [9.17, 15) is 13.6 Å². The topological polar surface area (TPSA) is 40.5 Å². The largest absolute Gasteiger partial charge is 0.508 e. The minimum absolute atomic E-state index is 0.181. The van der Waals surface area contributed by atoms with E-state index in [-0.39, 0.29) is 23.1 Å². The number of aromatic hydroxyl groups is 1. The summed E-state index contributed by atoms with van der Waals surface area (Å²) in [5.41, 5.74) is -0.0800. The predicted octanol–water partition coefficient (Wildman–Crippen LogP) is 2.51. The molecule has 1 aromatic rings. The third kappa shape index (κ3) is 1.96. The van der Waals surface area contributed by atoms with Gasteiger partial charge in [-0.3, -0.25) is 4.79 Å². The van der Waals surface area contributed by atoms with E-state index in [0.717, 1.165) is 12.1 Å². The maximum absolute atomic E-state index is 13.7. The first kappa shape index (κ1) is 12.5. The van der Waals surface area contributed by atoms with Crippen molar-refractivity contribution in [1.82, 2.24) is 4.90 Å². The fourth-order valence-corrected chi connectivity index (χ4v) is 2.05. The Morgan fingerprint density at radius 2 is 1.89 bits per heavy atom. The van der Waals surface area contributed by atoms with Gasteiger partial charge in [0.1, 0.15) is 17.4 Å². The highest BCUT2D eigenvalue weighted by Crippen LogP contribution is 2.32. The summed E-state index contributed by atoms with van der Waals surface area (Å²) in [5.74, 6) is -2.62. The van der Waals surface area contributed by atoms with Gasteiger partial charge in [-0.2, -0.15) is 0 Å².